The van der Waals surface area contributed by atoms with E-state index in [2.05, 4.69) is 4.72 Å². The summed E-state index contributed by atoms with van der Waals surface area (Å²) in [5.74, 6) is -0.958. The zero-order chi connectivity index (χ0) is 16.0. The number of anilines is 1. The molecular weight excluding hydrogens is 295 g/mol. The van der Waals surface area contributed by atoms with Crippen LogP contribution in [0, 0.1) is 5.82 Å². The average molecular weight is 316 g/mol. The average Bonchev–Trinajstić information content (AvgIpc) is 2.40. The van der Waals surface area contributed by atoms with Crippen LogP contribution in [0.1, 0.15) is 37.0 Å². The molecule has 0 aliphatic rings. The van der Waals surface area contributed by atoms with E-state index in [1.165, 1.54) is 6.07 Å². The number of nitrogens with zero attached hydrogens (tertiary/aromatic N) is 1. The predicted molar refractivity (Wildman–Crippen MR) is 81.4 cm³/mol. The number of nitrogens with one attached hydrogen (secondary N) is 1. The minimum Gasteiger partial charge on any atom is -0.339 e. The van der Waals surface area contributed by atoms with Gasteiger partial charge >= 0.3 is 0 Å². The van der Waals surface area contributed by atoms with Gasteiger partial charge in [0.05, 0.1) is 17.5 Å². The van der Waals surface area contributed by atoms with E-state index >= 15 is 0 Å². The van der Waals surface area contributed by atoms with Crippen LogP contribution in [0.15, 0.2) is 18.2 Å². The minimum atomic E-state index is -3.54. The highest BCUT2D eigenvalue weighted by molar-refractivity contribution is 7.92. The smallest absolute Gasteiger partial charge is 0.256 e. The number of hydrogen-bond acceptors (Lipinski definition) is 3. The van der Waals surface area contributed by atoms with Gasteiger partial charge in [-0.15, -0.1) is 0 Å². The van der Waals surface area contributed by atoms with E-state index in [0.29, 0.717) is 13.1 Å². The Morgan fingerprint density at radius 1 is 1.33 bits per heavy atom. The Morgan fingerprint density at radius 2 is 2.00 bits per heavy atom. The van der Waals surface area contributed by atoms with Gasteiger partial charge in [-0.05, 0) is 31.5 Å². The first kappa shape index (κ1) is 17.4. The number of carbonyl (C=O) groups excluding carboxylic acids is 1. The lowest BCUT2D eigenvalue weighted by Crippen LogP contribution is -2.32. The van der Waals surface area contributed by atoms with E-state index in [4.69, 9.17) is 0 Å². The normalized spacial score (nSPS) is 11.2. The van der Waals surface area contributed by atoms with Gasteiger partial charge in [-0.25, -0.2) is 12.8 Å². The van der Waals surface area contributed by atoms with Gasteiger partial charge in [-0.2, -0.15) is 0 Å². The molecule has 5 nitrogen and oxygen atoms in total. The molecule has 0 unspecified atom stereocenters. The molecule has 0 saturated carbocycles. The molecule has 0 fully saturated rings. The number of benzene rings is 1. The highest BCUT2D eigenvalue weighted by Gasteiger charge is 2.19. The number of carbonyl (C=O) groups is 1. The Bertz CT molecular complexity index is 602. The van der Waals surface area contributed by atoms with Crippen LogP contribution >= 0.6 is 0 Å². The van der Waals surface area contributed by atoms with Crippen LogP contribution in [-0.4, -0.2) is 38.6 Å². The molecule has 0 radical (unpaired) electrons. The van der Waals surface area contributed by atoms with Crippen molar-refractivity contribution in [2.24, 2.45) is 0 Å². The minimum absolute atomic E-state index is 0.0263. The quantitative estimate of drug-likeness (QED) is 0.840. The molecule has 0 bridgehead atoms. The highest BCUT2D eigenvalue weighted by atomic mass is 32.2. The molecule has 1 rings (SSSR count). The molecule has 1 N–H and O–H groups in total. The fourth-order valence-electron chi connectivity index (χ4n) is 1.90. The van der Waals surface area contributed by atoms with Gasteiger partial charge in [0.25, 0.3) is 5.91 Å². The summed E-state index contributed by atoms with van der Waals surface area (Å²) in [7, 11) is -3.54. The summed E-state index contributed by atoms with van der Waals surface area (Å²) in [5, 5.41) is 0. The number of sulfonamides is 1. The second-order valence-corrected chi connectivity index (χ2v) is 6.55. The molecule has 21 heavy (non-hydrogen) atoms. The third-order valence-electron chi connectivity index (χ3n) is 2.96. The molecule has 7 heteroatoms. The first-order valence-corrected chi connectivity index (χ1v) is 8.74. The van der Waals surface area contributed by atoms with Gasteiger partial charge in [0.2, 0.25) is 10.0 Å². The summed E-state index contributed by atoms with van der Waals surface area (Å²) in [4.78, 5) is 14.0. The van der Waals surface area contributed by atoms with Gasteiger partial charge in [-0.3, -0.25) is 9.52 Å². The Morgan fingerprint density at radius 3 is 2.52 bits per heavy atom. The maximum absolute atomic E-state index is 13.4. The van der Waals surface area contributed by atoms with Crippen LogP contribution in [0.3, 0.4) is 0 Å². The zero-order valence-electron chi connectivity index (χ0n) is 12.5. The monoisotopic (exact) mass is 316 g/mol. The maximum atomic E-state index is 13.4. The van der Waals surface area contributed by atoms with Crippen molar-refractivity contribution in [1.82, 2.24) is 4.90 Å². The van der Waals surface area contributed by atoms with Crippen LogP contribution in [0.25, 0.3) is 0 Å². The van der Waals surface area contributed by atoms with E-state index in [9.17, 15) is 17.6 Å². The third-order valence-corrected chi connectivity index (χ3v) is 3.55. The van der Waals surface area contributed by atoms with Crippen LogP contribution < -0.4 is 4.72 Å². The first-order valence-electron chi connectivity index (χ1n) is 6.85. The molecule has 1 aromatic rings. The van der Waals surface area contributed by atoms with Gasteiger partial charge in [-0.1, -0.05) is 13.3 Å². The molecular formula is C14H21FN2O3S. The topological polar surface area (TPSA) is 66.5 Å². The predicted octanol–water partition coefficient (Wildman–Crippen LogP) is 2.46. The van der Waals surface area contributed by atoms with Crippen LogP contribution in [-0.2, 0) is 10.0 Å². The second kappa shape index (κ2) is 7.40. The fourth-order valence-corrected chi connectivity index (χ4v) is 2.48. The first-order chi connectivity index (χ1) is 9.78. The van der Waals surface area contributed by atoms with Crippen LogP contribution in [0.5, 0.6) is 0 Å². The van der Waals surface area contributed by atoms with Gasteiger partial charge < -0.3 is 4.90 Å². The zero-order valence-corrected chi connectivity index (χ0v) is 13.3. The van der Waals surface area contributed by atoms with Crippen molar-refractivity contribution in [3.8, 4) is 0 Å². The molecule has 0 heterocycles. The SMILES string of the molecule is CCCCN(CC)C(=O)c1cc(F)ccc1NS(C)(=O)=O. The maximum Gasteiger partial charge on any atom is 0.256 e. The molecule has 0 aliphatic heterocycles. The second-order valence-electron chi connectivity index (χ2n) is 4.80. The Kier molecular flexibility index (Phi) is 6.14. The van der Waals surface area contributed by atoms with Crippen molar-refractivity contribution in [3.63, 3.8) is 0 Å². The summed E-state index contributed by atoms with van der Waals surface area (Å²) in [5.41, 5.74) is 0.122. The van der Waals surface area contributed by atoms with Crippen molar-refractivity contribution in [2.45, 2.75) is 26.7 Å². The lowest BCUT2D eigenvalue weighted by Gasteiger charge is -2.22. The number of hydrogen-bond donors (Lipinski definition) is 1. The summed E-state index contributed by atoms with van der Waals surface area (Å²) in [6.07, 6.45) is 2.75. The molecule has 1 aromatic carbocycles. The molecule has 0 aliphatic carbocycles. The van der Waals surface area contributed by atoms with Gasteiger partial charge in [0.15, 0.2) is 0 Å². The van der Waals surface area contributed by atoms with E-state index < -0.39 is 15.8 Å². The van der Waals surface area contributed by atoms with E-state index in [1.54, 1.807) is 4.90 Å². The standard InChI is InChI=1S/C14H21FN2O3S/c1-4-6-9-17(5-2)14(18)12-10-11(15)7-8-13(12)16-21(3,19)20/h7-8,10,16H,4-6,9H2,1-3H3. The molecule has 1 amide bonds. The molecule has 118 valence electrons. The van der Waals surface area contributed by atoms with E-state index in [-0.39, 0.29) is 17.2 Å². The van der Waals surface area contributed by atoms with Gasteiger partial charge in [0, 0.05) is 13.1 Å². The van der Waals surface area contributed by atoms with E-state index in [0.717, 1.165) is 31.2 Å². The molecule has 0 aromatic heterocycles. The molecule has 0 spiro atoms. The van der Waals surface area contributed by atoms with Crippen LogP contribution in [0.2, 0.25) is 0 Å². The largest absolute Gasteiger partial charge is 0.339 e. The third kappa shape index (κ3) is 5.34. The summed E-state index contributed by atoms with van der Waals surface area (Å²) in [6, 6.07) is 3.44. The Labute approximate surface area is 125 Å². The van der Waals surface area contributed by atoms with Crippen molar-refractivity contribution < 1.29 is 17.6 Å². The van der Waals surface area contributed by atoms with Crippen LogP contribution in [0.4, 0.5) is 10.1 Å². The highest BCUT2D eigenvalue weighted by Crippen LogP contribution is 2.20. The van der Waals surface area contributed by atoms with Crippen molar-refractivity contribution in [3.05, 3.63) is 29.6 Å². The lowest BCUT2D eigenvalue weighted by molar-refractivity contribution is 0.0763. The fraction of sp³-hybridized carbons (Fsp3) is 0.500. The van der Waals surface area contributed by atoms with Crippen molar-refractivity contribution in [1.29, 1.82) is 0 Å². The summed E-state index contributed by atoms with van der Waals surface area (Å²) >= 11 is 0. The molecule has 0 saturated heterocycles. The Balaban J connectivity index is 3.14. The van der Waals surface area contributed by atoms with Crippen molar-refractivity contribution >= 4 is 21.6 Å². The number of rotatable bonds is 7. The van der Waals surface area contributed by atoms with Gasteiger partial charge in [0.1, 0.15) is 5.82 Å². The lowest BCUT2D eigenvalue weighted by atomic mass is 10.1. The number of halogens is 1. The number of amides is 1. The Hall–Kier alpha value is -1.63. The summed E-state index contributed by atoms with van der Waals surface area (Å²) in [6.45, 7) is 4.88. The molecule has 0 atom stereocenters. The number of unbranched alkanes of at least 4 members (excludes halogenated alkanes) is 1. The summed E-state index contributed by atoms with van der Waals surface area (Å²) < 4.78 is 38.3. The van der Waals surface area contributed by atoms with E-state index in [1.807, 2.05) is 13.8 Å². The van der Waals surface area contributed by atoms with Crippen molar-refractivity contribution in [2.75, 3.05) is 24.1 Å².